The Morgan fingerprint density at radius 1 is 0.906 bits per heavy atom. The second kappa shape index (κ2) is 18.1. The molecule has 1 aromatic heterocycles. The highest BCUT2D eigenvalue weighted by Gasteiger charge is 2.25. The molecule has 1 aliphatic heterocycles. The number of piperidine rings is 1. The number of nitrogen functional groups attached to an aromatic ring is 1. The molecule has 0 bridgehead atoms. The molecule has 1 saturated carbocycles. The Morgan fingerprint density at radius 2 is 1.53 bits per heavy atom. The Hall–Kier alpha value is -5.14. The van der Waals surface area contributed by atoms with Crippen molar-refractivity contribution in [1.29, 1.82) is 10.8 Å². The van der Waals surface area contributed by atoms with Gasteiger partial charge < -0.3 is 35.3 Å². The van der Waals surface area contributed by atoms with Gasteiger partial charge in [-0.1, -0.05) is 19.3 Å². The molecule has 2 amide bonds. The number of carbonyl (C=O) groups is 3. The molecule has 3 aromatic carbocycles. The monoisotopic (exact) mass is 764 g/mol. The molecule has 15 heteroatoms. The fourth-order valence-corrected chi connectivity index (χ4v) is 6.85. The number of aromatic nitrogens is 2. The number of hydrogen-bond donors (Lipinski definition) is 5. The Morgan fingerprint density at radius 3 is 2.13 bits per heavy atom. The van der Waals surface area contributed by atoms with Gasteiger partial charge in [0.05, 0.1) is 29.0 Å². The lowest BCUT2D eigenvalue weighted by Gasteiger charge is -2.33. The minimum atomic E-state index is -1.09. The standard InChI is InChI=1S/C38H44N8O5.2ClH/c1-24(39)44-19-17-31(18-20-44)51-30-14-12-29(13-15-30)45(37(48)25-7-9-26(10-8-25)38(49)50)22-34-43-32-21-27(36(40)41)11-16-33(32)46(34)23-35(47)42-28-5-3-2-4-6-28;;/h7-16,21,28,31,39H,2-6,17-20,22-23H2,1H3,(H3,40,41)(H,42,47)(H,49,50);2*1H. The number of amides is 2. The molecular formula is C38H46Cl2N8O5. The first-order chi connectivity index (χ1) is 24.5. The van der Waals surface area contributed by atoms with Crippen molar-refractivity contribution >= 4 is 71.0 Å². The number of nitrogens with two attached hydrogens (primary N) is 1. The molecule has 282 valence electrons. The van der Waals surface area contributed by atoms with E-state index < -0.39 is 5.97 Å². The third-order valence-electron chi connectivity index (χ3n) is 9.70. The van der Waals surface area contributed by atoms with Crippen molar-refractivity contribution in [2.24, 2.45) is 5.73 Å². The zero-order valence-corrected chi connectivity index (χ0v) is 31.2. The molecule has 2 aliphatic rings. The smallest absolute Gasteiger partial charge is 0.335 e. The number of imidazole rings is 1. The third-order valence-corrected chi connectivity index (χ3v) is 9.70. The molecule has 1 saturated heterocycles. The minimum Gasteiger partial charge on any atom is -0.490 e. The number of halogens is 2. The summed E-state index contributed by atoms with van der Waals surface area (Å²) < 4.78 is 8.06. The SMILES string of the molecule is CC(=N)N1CCC(Oc2ccc(N(Cc3nc4cc(C(=N)N)ccc4n3CC(=O)NC3CCCCC3)C(=O)c3ccc(C(=O)O)cc3)cc2)CC1.Cl.Cl. The van der Waals surface area contributed by atoms with Crippen LogP contribution in [0.15, 0.2) is 66.7 Å². The summed E-state index contributed by atoms with van der Waals surface area (Å²) in [6, 6.07) is 18.3. The number of anilines is 1. The molecule has 0 spiro atoms. The first kappa shape index (κ1) is 40.6. The van der Waals surface area contributed by atoms with Crippen LogP contribution in [0, 0.1) is 10.8 Å². The van der Waals surface area contributed by atoms with E-state index in [1.165, 1.54) is 30.7 Å². The van der Waals surface area contributed by atoms with E-state index >= 15 is 0 Å². The molecule has 0 atom stereocenters. The topological polar surface area (TPSA) is 191 Å². The molecule has 2 heterocycles. The maximum atomic E-state index is 14.2. The van der Waals surface area contributed by atoms with Gasteiger partial charge >= 0.3 is 5.97 Å². The van der Waals surface area contributed by atoms with Crippen LogP contribution in [0.4, 0.5) is 5.69 Å². The van der Waals surface area contributed by atoms with Gasteiger partial charge in [-0.25, -0.2) is 9.78 Å². The van der Waals surface area contributed by atoms with Crippen LogP contribution in [0.5, 0.6) is 5.75 Å². The number of benzene rings is 3. The molecule has 6 N–H and O–H groups in total. The number of hydrogen-bond acceptors (Lipinski definition) is 7. The van der Waals surface area contributed by atoms with Crippen molar-refractivity contribution in [2.75, 3.05) is 18.0 Å². The Balaban J connectivity index is 0.00000314. The number of carboxylic acid groups (broad SMARTS) is 1. The van der Waals surface area contributed by atoms with E-state index in [1.54, 1.807) is 46.7 Å². The lowest BCUT2D eigenvalue weighted by Crippen LogP contribution is -2.40. The van der Waals surface area contributed by atoms with E-state index in [1.807, 2.05) is 17.0 Å². The quantitative estimate of drug-likeness (QED) is 0.0908. The summed E-state index contributed by atoms with van der Waals surface area (Å²) in [6.07, 6.45) is 6.81. The fraction of sp³-hybridized carbons (Fsp3) is 0.368. The predicted molar refractivity (Wildman–Crippen MR) is 209 cm³/mol. The summed E-state index contributed by atoms with van der Waals surface area (Å²) in [5.41, 5.74) is 8.38. The zero-order chi connectivity index (χ0) is 36.1. The van der Waals surface area contributed by atoms with Crippen molar-refractivity contribution in [3.8, 4) is 5.75 Å². The summed E-state index contributed by atoms with van der Waals surface area (Å²) in [6.45, 7) is 3.28. The van der Waals surface area contributed by atoms with E-state index in [4.69, 9.17) is 26.3 Å². The van der Waals surface area contributed by atoms with E-state index in [0.29, 0.717) is 39.7 Å². The molecule has 0 radical (unpaired) electrons. The van der Waals surface area contributed by atoms with E-state index in [9.17, 15) is 19.5 Å². The van der Waals surface area contributed by atoms with Gasteiger partial charge in [0.1, 0.15) is 30.1 Å². The maximum Gasteiger partial charge on any atom is 0.335 e. The van der Waals surface area contributed by atoms with Crippen LogP contribution in [0.3, 0.4) is 0 Å². The van der Waals surface area contributed by atoms with Gasteiger partial charge in [0.15, 0.2) is 0 Å². The predicted octanol–water partition coefficient (Wildman–Crippen LogP) is 6.00. The van der Waals surface area contributed by atoms with Gasteiger partial charge in [-0.05, 0) is 86.5 Å². The van der Waals surface area contributed by atoms with Gasteiger partial charge in [-0.2, -0.15) is 0 Å². The van der Waals surface area contributed by atoms with E-state index in [-0.39, 0.29) is 78.8 Å². The highest BCUT2D eigenvalue weighted by molar-refractivity contribution is 6.06. The number of carboxylic acids is 1. The second-order valence-corrected chi connectivity index (χ2v) is 13.3. The molecule has 2 fully saturated rings. The van der Waals surface area contributed by atoms with Crippen molar-refractivity contribution in [1.82, 2.24) is 19.8 Å². The maximum absolute atomic E-state index is 14.2. The van der Waals surface area contributed by atoms with Crippen molar-refractivity contribution in [2.45, 2.75) is 77.1 Å². The largest absolute Gasteiger partial charge is 0.490 e. The molecule has 13 nitrogen and oxygen atoms in total. The number of rotatable bonds is 11. The number of carbonyl (C=O) groups excluding carboxylic acids is 2. The van der Waals surface area contributed by atoms with Gasteiger partial charge in [0, 0.05) is 48.8 Å². The van der Waals surface area contributed by atoms with Gasteiger partial charge in [-0.15, -0.1) is 24.8 Å². The van der Waals surface area contributed by atoms with Crippen LogP contribution in [0.25, 0.3) is 11.0 Å². The summed E-state index contributed by atoms with van der Waals surface area (Å²) in [5, 5.41) is 28.4. The fourth-order valence-electron chi connectivity index (χ4n) is 6.85. The summed E-state index contributed by atoms with van der Waals surface area (Å²) in [4.78, 5) is 47.6. The Labute approximate surface area is 320 Å². The summed E-state index contributed by atoms with van der Waals surface area (Å²) in [7, 11) is 0. The van der Waals surface area contributed by atoms with Crippen LogP contribution >= 0.6 is 24.8 Å². The molecular weight excluding hydrogens is 719 g/mol. The van der Waals surface area contributed by atoms with Crippen LogP contribution in [-0.2, 0) is 17.9 Å². The first-order valence-corrected chi connectivity index (χ1v) is 17.4. The highest BCUT2D eigenvalue weighted by atomic mass is 35.5. The Kier molecular flexibility index (Phi) is 13.8. The third kappa shape index (κ3) is 9.85. The minimum absolute atomic E-state index is 0. The van der Waals surface area contributed by atoms with Crippen molar-refractivity contribution < 1.29 is 24.2 Å². The number of nitrogens with zero attached hydrogens (tertiary/aromatic N) is 4. The zero-order valence-electron chi connectivity index (χ0n) is 29.5. The first-order valence-electron chi connectivity index (χ1n) is 17.4. The van der Waals surface area contributed by atoms with Crippen LogP contribution in [0.1, 0.15) is 84.0 Å². The number of amidine groups is 2. The summed E-state index contributed by atoms with van der Waals surface area (Å²) in [5.74, 6) is -0.0719. The van der Waals surface area contributed by atoms with E-state index in [2.05, 4.69) is 5.32 Å². The second-order valence-electron chi connectivity index (χ2n) is 13.3. The van der Waals surface area contributed by atoms with Gasteiger partial charge in [0.2, 0.25) is 5.91 Å². The van der Waals surface area contributed by atoms with Gasteiger partial charge in [0.25, 0.3) is 5.91 Å². The molecule has 0 unspecified atom stereocenters. The van der Waals surface area contributed by atoms with Crippen LogP contribution in [0.2, 0.25) is 0 Å². The number of fused-ring (bicyclic) bond motifs is 1. The van der Waals surface area contributed by atoms with Crippen LogP contribution < -0.4 is 20.7 Å². The molecule has 6 rings (SSSR count). The number of nitrogens with one attached hydrogen (secondary N) is 3. The lowest BCUT2D eigenvalue weighted by atomic mass is 9.95. The number of aromatic carboxylic acids is 1. The molecule has 53 heavy (non-hydrogen) atoms. The average Bonchev–Trinajstić information content (AvgIpc) is 3.46. The number of ether oxygens (including phenoxy) is 1. The van der Waals surface area contributed by atoms with E-state index in [0.717, 1.165) is 51.6 Å². The average molecular weight is 766 g/mol. The normalized spacial score (nSPS) is 14.8. The Bertz CT molecular complexity index is 1940. The molecule has 4 aromatic rings. The number of likely N-dealkylation sites (tertiary alicyclic amines) is 1. The highest BCUT2D eigenvalue weighted by Crippen LogP contribution is 2.28. The van der Waals surface area contributed by atoms with Gasteiger partial charge in [-0.3, -0.25) is 20.4 Å². The van der Waals surface area contributed by atoms with Crippen molar-refractivity contribution in [3.63, 3.8) is 0 Å². The van der Waals surface area contributed by atoms with Crippen molar-refractivity contribution in [3.05, 3.63) is 89.2 Å². The summed E-state index contributed by atoms with van der Waals surface area (Å²) >= 11 is 0. The molecule has 1 aliphatic carbocycles. The van der Waals surface area contributed by atoms with Crippen LogP contribution in [-0.4, -0.2) is 74.2 Å². The lowest BCUT2D eigenvalue weighted by molar-refractivity contribution is -0.122.